The number of nitrogens with zero attached hydrogens (tertiary/aromatic N) is 5. The first-order chi connectivity index (χ1) is 11.7. The van der Waals surface area contributed by atoms with E-state index in [0.29, 0.717) is 17.4 Å². The maximum absolute atomic E-state index is 13.5. The topological polar surface area (TPSA) is 60.0 Å². The zero-order chi connectivity index (χ0) is 16.3. The Bertz CT molecular complexity index is 1080. The summed E-state index contributed by atoms with van der Waals surface area (Å²) in [5, 5.41) is 8.05. The van der Waals surface area contributed by atoms with Gasteiger partial charge in [-0.3, -0.25) is 0 Å². The van der Waals surface area contributed by atoms with E-state index >= 15 is 0 Å². The fourth-order valence-electron chi connectivity index (χ4n) is 2.93. The Morgan fingerprint density at radius 1 is 1.25 bits per heavy atom. The average molecular weight is 322 g/mol. The maximum atomic E-state index is 13.5. The van der Waals surface area contributed by atoms with Crippen molar-refractivity contribution in [3.8, 4) is 11.3 Å². The first-order valence-electron chi connectivity index (χ1n) is 7.92. The molecule has 5 rings (SSSR count). The number of benzene rings is 1. The lowest BCUT2D eigenvalue weighted by Gasteiger charge is -2.06. The molecule has 0 bridgehead atoms. The number of aryl methyl sites for hydroxylation is 1. The largest absolute Gasteiger partial charge is 0.365 e. The van der Waals surface area contributed by atoms with Crippen LogP contribution in [0.15, 0.2) is 36.7 Å². The van der Waals surface area contributed by atoms with Gasteiger partial charge in [-0.05, 0) is 25.0 Å². The fraction of sp³-hybridized carbons (Fsp3) is 0.235. The molecular weight excluding hydrogens is 307 g/mol. The highest BCUT2D eigenvalue weighted by Crippen LogP contribution is 2.29. The second-order valence-corrected chi connectivity index (χ2v) is 6.22. The molecule has 1 aliphatic carbocycles. The van der Waals surface area contributed by atoms with Crippen LogP contribution in [0.4, 0.5) is 10.2 Å². The highest BCUT2D eigenvalue weighted by molar-refractivity contribution is 5.86. The normalized spacial score (nSPS) is 14.6. The van der Waals surface area contributed by atoms with Gasteiger partial charge in [0, 0.05) is 24.7 Å². The number of hydrogen-bond donors (Lipinski definition) is 1. The predicted octanol–water partition coefficient (Wildman–Crippen LogP) is 3.00. The van der Waals surface area contributed by atoms with E-state index in [4.69, 9.17) is 0 Å². The summed E-state index contributed by atoms with van der Waals surface area (Å²) in [6.07, 6.45) is 4.08. The van der Waals surface area contributed by atoms with Crippen LogP contribution in [0, 0.1) is 5.82 Å². The molecule has 0 atom stereocenters. The minimum Gasteiger partial charge on any atom is -0.365 e. The summed E-state index contributed by atoms with van der Waals surface area (Å²) in [6.45, 7) is 0. The molecule has 0 aliphatic heterocycles. The molecule has 1 fully saturated rings. The summed E-state index contributed by atoms with van der Waals surface area (Å²) in [5.41, 5.74) is 3.80. The lowest BCUT2D eigenvalue weighted by molar-refractivity contribution is 0.628. The maximum Gasteiger partial charge on any atom is 0.167 e. The molecule has 0 amide bonds. The van der Waals surface area contributed by atoms with Crippen LogP contribution in [0.1, 0.15) is 12.8 Å². The number of fused-ring (bicyclic) bond motifs is 3. The summed E-state index contributed by atoms with van der Waals surface area (Å²) >= 11 is 0. The molecule has 3 aromatic heterocycles. The zero-order valence-corrected chi connectivity index (χ0v) is 13.1. The first kappa shape index (κ1) is 13.5. The number of nitrogens with one attached hydrogen (secondary N) is 1. The monoisotopic (exact) mass is 322 g/mol. The zero-order valence-electron chi connectivity index (χ0n) is 13.1. The van der Waals surface area contributed by atoms with Gasteiger partial charge in [0.05, 0.1) is 12.0 Å². The Morgan fingerprint density at radius 3 is 2.92 bits per heavy atom. The minimum atomic E-state index is -0.278. The second kappa shape index (κ2) is 4.77. The molecule has 24 heavy (non-hydrogen) atoms. The molecule has 0 spiro atoms. The second-order valence-electron chi connectivity index (χ2n) is 6.22. The molecule has 1 aliphatic rings. The Kier molecular flexibility index (Phi) is 2.68. The minimum absolute atomic E-state index is 0.278. The van der Waals surface area contributed by atoms with Gasteiger partial charge >= 0.3 is 0 Å². The van der Waals surface area contributed by atoms with Crippen LogP contribution in [-0.2, 0) is 7.05 Å². The van der Waals surface area contributed by atoms with E-state index in [2.05, 4.69) is 20.4 Å². The lowest BCUT2D eigenvalue weighted by atomic mass is 10.1. The molecule has 0 saturated heterocycles. The van der Waals surface area contributed by atoms with Gasteiger partial charge in [-0.25, -0.2) is 14.4 Å². The van der Waals surface area contributed by atoms with E-state index in [-0.39, 0.29) is 5.82 Å². The van der Waals surface area contributed by atoms with E-state index in [1.54, 1.807) is 16.9 Å². The summed E-state index contributed by atoms with van der Waals surface area (Å²) in [4.78, 5) is 9.15. The van der Waals surface area contributed by atoms with Gasteiger partial charge in [0.25, 0.3) is 0 Å². The van der Waals surface area contributed by atoms with Crippen LogP contribution >= 0.6 is 0 Å². The van der Waals surface area contributed by atoms with Crippen molar-refractivity contribution >= 4 is 22.6 Å². The Labute approximate surface area is 137 Å². The average Bonchev–Trinajstić information content (AvgIpc) is 3.14. The molecule has 1 N–H and O–H groups in total. The number of anilines is 1. The summed E-state index contributed by atoms with van der Waals surface area (Å²) in [6, 6.07) is 8.78. The van der Waals surface area contributed by atoms with Crippen LogP contribution in [0.2, 0.25) is 0 Å². The number of rotatable bonds is 3. The number of aromatic nitrogens is 5. The van der Waals surface area contributed by atoms with Gasteiger partial charge in [-0.2, -0.15) is 9.61 Å². The van der Waals surface area contributed by atoms with E-state index in [1.807, 2.05) is 23.7 Å². The number of imidazole rings is 1. The van der Waals surface area contributed by atoms with E-state index < -0.39 is 0 Å². The van der Waals surface area contributed by atoms with Crippen molar-refractivity contribution in [2.24, 2.45) is 7.05 Å². The van der Waals surface area contributed by atoms with Gasteiger partial charge < -0.3 is 9.88 Å². The molecule has 7 heteroatoms. The summed E-state index contributed by atoms with van der Waals surface area (Å²) < 4.78 is 17.2. The molecule has 0 unspecified atom stereocenters. The van der Waals surface area contributed by atoms with Crippen LogP contribution in [-0.4, -0.2) is 30.2 Å². The van der Waals surface area contributed by atoms with Gasteiger partial charge in [0.1, 0.15) is 5.82 Å². The van der Waals surface area contributed by atoms with Crippen molar-refractivity contribution in [3.05, 3.63) is 42.5 Å². The molecule has 1 saturated carbocycles. The van der Waals surface area contributed by atoms with Crippen molar-refractivity contribution in [2.45, 2.75) is 18.9 Å². The Morgan fingerprint density at radius 2 is 2.12 bits per heavy atom. The van der Waals surface area contributed by atoms with Crippen molar-refractivity contribution in [1.82, 2.24) is 24.1 Å². The number of hydrogen-bond acceptors (Lipinski definition) is 4. The smallest absolute Gasteiger partial charge is 0.167 e. The lowest BCUT2D eigenvalue weighted by Crippen LogP contribution is -2.06. The summed E-state index contributed by atoms with van der Waals surface area (Å²) in [5.74, 6) is 0.505. The van der Waals surface area contributed by atoms with E-state index in [1.165, 1.54) is 12.1 Å². The Hall–Kier alpha value is -2.96. The first-order valence-corrected chi connectivity index (χ1v) is 7.92. The third-order valence-electron chi connectivity index (χ3n) is 4.29. The highest BCUT2D eigenvalue weighted by atomic mass is 19.1. The van der Waals surface area contributed by atoms with Crippen molar-refractivity contribution < 1.29 is 4.39 Å². The predicted molar refractivity (Wildman–Crippen MR) is 89.3 cm³/mol. The third-order valence-corrected chi connectivity index (χ3v) is 4.29. The van der Waals surface area contributed by atoms with Gasteiger partial charge in [-0.15, -0.1) is 0 Å². The number of halogens is 1. The third kappa shape index (κ3) is 2.05. The van der Waals surface area contributed by atoms with Crippen molar-refractivity contribution in [3.63, 3.8) is 0 Å². The Balaban J connectivity index is 1.76. The highest BCUT2D eigenvalue weighted by Gasteiger charge is 2.24. The molecule has 3 heterocycles. The molecule has 6 nitrogen and oxygen atoms in total. The quantitative estimate of drug-likeness (QED) is 0.630. The molecule has 4 aromatic rings. The molecule has 1 aromatic carbocycles. The SMILES string of the molecule is Cn1cnc2c(NC3CC3)nc3cc(-c4cccc(F)c4)nn3c21. The molecular formula is C17H15FN6. The van der Waals surface area contributed by atoms with Crippen LogP contribution < -0.4 is 5.32 Å². The standard InChI is InChI=1S/C17H15FN6/c1-23-9-19-15-16(20-12-5-6-12)21-14-8-13(22-24(14)17(15)23)10-3-2-4-11(18)7-10/h2-4,7-9,12H,5-6H2,1H3,(H,20,21). The molecule has 0 radical (unpaired) electrons. The van der Waals surface area contributed by atoms with Crippen molar-refractivity contribution in [2.75, 3.05) is 5.32 Å². The molecule has 120 valence electrons. The summed E-state index contributed by atoms with van der Waals surface area (Å²) in [7, 11) is 1.93. The van der Waals surface area contributed by atoms with Crippen LogP contribution in [0.25, 0.3) is 28.1 Å². The van der Waals surface area contributed by atoms with Crippen molar-refractivity contribution in [1.29, 1.82) is 0 Å². The van der Waals surface area contributed by atoms with Gasteiger partial charge in [-0.1, -0.05) is 12.1 Å². The van der Waals surface area contributed by atoms with E-state index in [0.717, 1.165) is 35.4 Å². The van der Waals surface area contributed by atoms with Crippen LogP contribution in [0.3, 0.4) is 0 Å². The van der Waals surface area contributed by atoms with Gasteiger partial charge in [0.2, 0.25) is 0 Å². The fourth-order valence-corrected chi connectivity index (χ4v) is 2.93. The van der Waals surface area contributed by atoms with Crippen LogP contribution in [0.5, 0.6) is 0 Å². The van der Waals surface area contributed by atoms with Gasteiger partial charge in [0.15, 0.2) is 22.6 Å². The van der Waals surface area contributed by atoms with E-state index in [9.17, 15) is 4.39 Å².